The Balaban J connectivity index is 0.00000264. The van der Waals surface area contributed by atoms with Gasteiger partial charge in [-0.25, -0.2) is 0 Å². The van der Waals surface area contributed by atoms with Crippen molar-refractivity contribution in [1.29, 1.82) is 0 Å². The molecule has 0 saturated carbocycles. The first-order valence-electron chi connectivity index (χ1n) is 6.73. The van der Waals surface area contributed by atoms with Gasteiger partial charge in [0.1, 0.15) is 0 Å². The van der Waals surface area contributed by atoms with Gasteiger partial charge in [0.05, 0.1) is 11.1 Å². The van der Waals surface area contributed by atoms with Gasteiger partial charge in [-0.15, -0.1) is 12.4 Å². The largest absolute Gasteiger partial charge is 0.416 e. The molecule has 1 heterocycles. The van der Waals surface area contributed by atoms with E-state index in [2.05, 4.69) is 0 Å². The fourth-order valence-electron chi connectivity index (χ4n) is 2.59. The van der Waals surface area contributed by atoms with Crippen molar-refractivity contribution in [2.75, 3.05) is 13.1 Å². The van der Waals surface area contributed by atoms with Crippen LogP contribution in [0.15, 0.2) is 18.2 Å². The molecule has 1 fully saturated rings. The highest BCUT2D eigenvalue weighted by Gasteiger charge is 2.37. The summed E-state index contributed by atoms with van der Waals surface area (Å²) in [5.74, 6) is 0.160. The molecule has 2 rings (SSSR count). The number of benzene rings is 1. The van der Waals surface area contributed by atoms with E-state index in [1.807, 2.05) is 6.92 Å². The molecular formula is C14H17ClF6N2. The van der Waals surface area contributed by atoms with E-state index < -0.39 is 23.5 Å². The van der Waals surface area contributed by atoms with Gasteiger partial charge in [-0.05, 0) is 29.7 Å². The van der Waals surface area contributed by atoms with Gasteiger partial charge in [0, 0.05) is 25.7 Å². The van der Waals surface area contributed by atoms with E-state index in [1.165, 1.54) is 0 Å². The fourth-order valence-corrected chi connectivity index (χ4v) is 2.59. The van der Waals surface area contributed by atoms with Crippen molar-refractivity contribution in [2.24, 2.45) is 11.7 Å². The van der Waals surface area contributed by atoms with Crippen molar-refractivity contribution >= 4 is 12.4 Å². The second-order valence-corrected chi connectivity index (χ2v) is 5.75. The van der Waals surface area contributed by atoms with Gasteiger partial charge in [-0.2, -0.15) is 26.3 Å². The van der Waals surface area contributed by atoms with Crippen LogP contribution in [-0.4, -0.2) is 24.0 Å². The summed E-state index contributed by atoms with van der Waals surface area (Å²) in [6.07, 6.45) is -9.63. The molecule has 1 aliphatic heterocycles. The number of hydrogen-bond donors (Lipinski definition) is 1. The number of nitrogens with two attached hydrogens (primary N) is 1. The maximum absolute atomic E-state index is 12.8. The number of halogens is 7. The quantitative estimate of drug-likeness (QED) is 0.808. The summed E-state index contributed by atoms with van der Waals surface area (Å²) < 4.78 is 76.6. The standard InChI is InChI=1S/C14H16F6N2.ClH/c1-8-5-22(7-12(8)21)6-9-2-10(13(15,16)17)4-11(3-9)14(18,19)20;/h2-4,8,12H,5-7,21H2,1H3;1H. The maximum Gasteiger partial charge on any atom is 0.416 e. The van der Waals surface area contributed by atoms with Crippen molar-refractivity contribution in [3.05, 3.63) is 34.9 Å². The number of hydrogen-bond acceptors (Lipinski definition) is 2. The Morgan fingerprint density at radius 2 is 1.48 bits per heavy atom. The van der Waals surface area contributed by atoms with Crippen LogP contribution in [0.5, 0.6) is 0 Å². The lowest BCUT2D eigenvalue weighted by Gasteiger charge is -2.18. The van der Waals surface area contributed by atoms with E-state index in [0.717, 1.165) is 12.1 Å². The van der Waals surface area contributed by atoms with Crippen LogP contribution in [0.4, 0.5) is 26.3 Å². The van der Waals surface area contributed by atoms with Crippen LogP contribution in [0.1, 0.15) is 23.6 Å². The molecule has 0 aliphatic carbocycles. The average molecular weight is 363 g/mol. The molecule has 2 nitrogen and oxygen atoms in total. The SMILES string of the molecule is CC1CN(Cc2cc(C(F)(F)F)cc(C(F)(F)F)c2)CC1N.Cl. The Kier molecular flexibility index (Phi) is 5.98. The summed E-state index contributed by atoms with van der Waals surface area (Å²) in [5, 5.41) is 0. The molecule has 2 atom stereocenters. The summed E-state index contributed by atoms with van der Waals surface area (Å²) in [5.41, 5.74) is 3.24. The Morgan fingerprint density at radius 1 is 1.00 bits per heavy atom. The molecule has 132 valence electrons. The molecule has 1 aromatic rings. The third-order valence-corrected chi connectivity index (χ3v) is 3.80. The summed E-state index contributed by atoms with van der Waals surface area (Å²) in [6, 6.07) is 1.56. The van der Waals surface area contributed by atoms with E-state index in [1.54, 1.807) is 4.90 Å². The molecule has 2 unspecified atom stereocenters. The second-order valence-electron chi connectivity index (χ2n) is 5.75. The van der Waals surface area contributed by atoms with E-state index >= 15 is 0 Å². The number of nitrogens with zero attached hydrogens (tertiary/aromatic N) is 1. The lowest BCUT2D eigenvalue weighted by atomic mass is 10.0. The minimum Gasteiger partial charge on any atom is -0.326 e. The molecule has 1 aliphatic rings. The van der Waals surface area contributed by atoms with Crippen LogP contribution < -0.4 is 5.73 Å². The third-order valence-electron chi connectivity index (χ3n) is 3.80. The Bertz CT molecular complexity index is 501. The van der Waals surface area contributed by atoms with Crippen molar-refractivity contribution < 1.29 is 26.3 Å². The zero-order valence-electron chi connectivity index (χ0n) is 12.2. The smallest absolute Gasteiger partial charge is 0.326 e. The molecule has 0 bridgehead atoms. The summed E-state index contributed by atoms with van der Waals surface area (Å²) in [4.78, 5) is 1.77. The molecule has 23 heavy (non-hydrogen) atoms. The first-order chi connectivity index (χ1) is 9.96. The molecule has 9 heteroatoms. The molecule has 0 spiro atoms. The van der Waals surface area contributed by atoms with Crippen molar-refractivity contribution in [2.45, 2.75) is 31.9 Å². The summed E-state index contributed by atoms with van der Waals surface area (Å²) in [7, 11) is 0. The zero-order valence-corrected chi connectivity index (χ0v) is 13.0. The van der Waals surface area contributed by atoms with Crippen LogP contribution in [0.25, 0.3) is 0 Å². The minimum atomic E-state index is -4.81. The van der Waals surface area contributed by atoms with Crippen molar-refractivity contribution in [1.82, 2.24) is 4.90 Å². The lowest BCUT2D eigenvalue weighted by Crippen LogP contribution is -2.28. The zero-order chi connectivity index (χ0) is 16.7. The highest BCUT2D eigenvalue weighted by Crippen LogP contribution is 2.36. The Hall–Kier alpha value is -0.990. The van der Waals surface area contributed by atoms with Crippen molar-refractivity contribution in [3.8, 4) is 0 Å². The predicted molar refractivity (Wildman–Crippen MR) is 76.1 cm³/mol. The van der Waals surface area contributed by atoms with Gasteiger partial charge < -0.3 is 5.73 Å². The van der Waals surface area contributed by atoms with Crippen LogP contribution in [0, 0.1) is 5.92 Å². The van der Waals surface area contributed by atoms with E-state index in [-0.39, 0.29) is 42.5 Å². The number of rotatable bonds is 2. The number of likely N-dealkylation sites (tertiary alicyclic amines) is 1. The molecule has 2 N–H and O–H groups in total. The Morgan fingerprint density at radius 3 is 1.83 bits per heavy atom. The molecule has 0 radical (unpaired) electrons. The summed E-state index contributed by atoms with van der Waals surface area (Å²) >= 11 is 0. The number of alkyl halides is 6. The molecule has 0 aromatic heterocycles. The maximum atomic E-state index is 12.8. The monoisotopic (exact) mass is 362 g/mol. The minimum absolute atomic E-state index is 0. The summed E-state index contributed by atoms with van der Waals surface area (Å²) in [6.45, 7) is 2.93. The lowest BCUT2D eigenvalue weighted by molar-refractivity contribution is -0.143. The molecule has 1 saturated heterocycles. The predicted octanol–water partition coefficient (Wildman–Crippen LogP) is 3.93. The van der Waals surface area contributed by atoms with E-state index in [0.29, 0.717) is 13.1 Å². The third kappa shape index (κ3) is 4.99. The second kappa shape index (κ2) is 6.86. The molecular weight excluding hydrogens is 346 g/mol. The fraction of sp³-hybridized carbons (Fsp3) is 0.571. The normalized spacial score (nSPS) is 23.0. The molecule has 0 amide bonds. The van der Waals surface area contributed by atoms with Gasteiger partial charge in [-0.3, -0.25) is 4.90 Å². The van der Waals surface area contributed by atoms with Crippen LogP contribution in [-0.2, 0) is 18.9 Å². The van der Waals surface area contributed by atoms with E-state index in [4.69, 9.17) is 5.73 Å². The van der Waals surface area contributed by atoms with Crippen LogP contribution >= 0.6 is 12.4 Å². The first-order valence-corrected chi connectivity index (χ1v) is 6.73. The van der Waals surface area contributed by atoms with Crippen LogP contribution in [0.3, 0.4) is 0 Å². The first kappa shape index (κ1) is 20.1. The van der Waals surface area contributed by atoms with Gasteiger partial charge in [0.25, 0.3) is 0 Å². The topological polar surface area (TPSA) is 29.3 Å². The van der Waals surface area contributed by atoms with Gasteiger partial charge in [0.2, 0.25) is 0 Å². The van der Waals surface area contributed by atoms with Gasteiger partial charge >= 0.3 is 12.4 Å². The van der Waals surface area contributed by atoms with Gasteiger partial charge in [-0.1, -0.05) is 6.92 Å². The van der Waals surface area contributed by atoms with E-state index in [9.17, 15) is 26.3 Å². The Labute approximate surface area is 136 Å². The molecule has 1 aromatic carbocycles. The average Bonchev–Trinajstić information content (AvgIpc) is 2.65. The highest BCUT2D eigenvalue weighted by molar-refractivity contribution is 5.85. The highest BCUT2D eigenvalue weighted by atomic mass is 35.5. The van der Waals surface area contributed by atoms with Crippen LogP contribution in [0.2, 0.25) is 0 Å². The van der Waals surface area contributed by atoms with Gasteiger partial charge in [0.15, 0.2) is 0 Å². The van der Waals surface area contributed by atoms with Crippen molar-refractivity contribution in [3.63, 3.8) is 0 Å².